The van der Waals surface area contributed by atoms with Crippen LogP contribution in [0.15, 0.2) is 48.9 Å². The fourth-order valence-electron chi connectivity index (χ4n) is 2.51. The Labute approximate surface area is 124 Å². The second kappa shape index (κ2) is 6.50. The molecule has 3 rings (SSSR count). The van der Waals surface area contributed by atoms with Crippen LogP contribution in [0.5, 0.6) is 0 Å². The monoisotopic (exact) mass is 280 g/mol. The Kier molecular flexibility index (Phi) is 4.26. The number of para-hydroxylation sites is 1. The van der Waals surface area contributed by atoms with E-state index in [9.17, 15) is 0 Å². The number of nitrogens with zero attached hydrogens (tertiary/aromatic N) is 3. The molecule has 0 spiro atoms. The molecule has 2 heterocycles. The van der Waals surface area contributed by atoms with Gasteiger partial charge >= 0.3 is 0 Å². The zero-order valence-corrected chi connectivity index (χ0v) is 12.3. The maximum Gasteiger partial charge on any atom is 0.122 e. The summed E-state index contributed by atoms with van der Waals surface area (Å²) >= 11 is 0. The highest BCUT2D eigenvalue weighted by Crippen LogP contribution is 2.17. The fraction of sp³-hybridized carbons (Fsp3) is 0.294. The lowest BCUT2D eigenvalue weighted by molar-refractivity contribution is 0.616. The number of nitrogens with one attached hydrogen (secondary N) is 1. The molecule has 1 N–H and O–H groups in total. The molecule has 1 aromatic carbocycles. The van der Waals surface area contributed by atoms with Gasteiger partial charge in [-0.15, -0.1) is 0 Å². The van der Waals surface area contributed by atoms with E-state index >= 15 is 0 Å². The summed E-state index contributed by atoms with van der Waals surface area (Å²) in [6, 6.07) is 10.4. The van der Waals surface area contributed by atoms with Gasteiger partial charge in [0.2, 0.25) is 0 Å². The highest BCUT2D eigenvalue weighted by atomic mass is 15.1. The number of fused-ring (bicyclic) bond motifs is 1. The molecule has 0 saturated heterocycles. The highest BCUT2D eigenvalue weighted by molar-refractivity contribution is 5.81. The van der Waals surface area contributed by atoms with Gasteiger partial charge in [0, 0.05) is 24.0 Å². The van der Waals surface area contributed by atoms with E-state index in [0.717, 1.165) is 37.4 Å². The Balaban J connectivity index is 1.84. The minimum absolute atomic E-state index is 0.803. The fourth-order valence-corrected chi connectivity index (χ4v) is 2.51. The topological polar surface area (TPSA) is 42.7 Å². The van der Waals surface area contributed by atoms with Crippen molar-refractivity contribution in [3.8, 4) is 0 Å². The number of aromatic nitrogens is 3. The molecule has 2 aromatic heterocycles. The lowest BCUT2D eigenvalue weighted by Gasteiger charge is -2.10. The predicted molar refractivity (Wildman–Crippen MR) is 85.1 cm³/mol. The molecule has 0 bridgehead atoms. The summed E-state index contributed by atoms with van der Waals surface area (Å²) in [5.41, 5.74) is 2.30. The van der Waals surface area contributed by atoms with Crippen LogP contribution in [0, 0.1) is 0 Å². The van der Waals surface area contributed by atoms with E-state index in [1.807, 2.05) is 24.7 Å². The van der Waals surface area contributed by atoms with Crippen LogP contribution in [0.1, 0.15) is 24.7 Å². The molecular weight excluding hydrogens is 260 g/mol. The molecule has 4 nitrogen and oxygen atoms in total. The van der Waals surface area contributed by atoms with Crippen molar-refractivity contribution < 1.29 is 0 Å². The summed E-state index contributed by atoms with van der Waals surface area (Å²) in [7, 11) is 0. The maximum atomic E-state index is 4.52. The first kappa shape index (κ1) is 13.8. The Morgan fingerprint density at radius 1 is 1.10 bits per heavy atom. The standard InChI is InChI=1S/C17H20N4/c1-2-8-18-12-16-19-10-11-21(16)13-15-6-3-5-14-7-4-9-20-17(14)15/h3-7,9-11,18H,2,8,12-13H2,1H3. The van der Waals surface area contributed by atoms with Crippen LogP contribution >= 0.6 is 0 Å². The van der Waals surface area contributed by atoms with Crippen molar-refractivity contribution in [3.05, 3.63) is 60.3 Å². The minimum Gasteiger partial charge on any atom is -0.329 e. The first-order valence-electron chi connectivity index (χ1n) is 7.42. The average Bonchev–Trinajstić information content (AvgIpc) is 2.95. The van der Waals surface area contributed by atoms with Crippen molar-refractivity contribution in [2.24, 2.45) is 0 Å². The molecule has 0 unspecified atom stereocenters. The molecule has 108 valence electrons. The molecule has 0 atom stereocenters. The van der Waals surface area contributed by atoms with Crippen molar-refractivity contribution in [2.75, 3.05) is 6.54 Å². The molecule has 0 fully saturated rings. The molecule has 3 aromatic rings. The number of imidazole rings is 1. The van der Waals surface area contributed by atoms with Crippen LogP contribution in [0.25, 0.3) is 10.9 Å². The minimum atomic E-state index is 0.803. The Morgan fingerprint density at radius 3 is 2.90 bits per heavy atom. The van der Waals surface area contributed by atoms with Gasteiger partial charge in [0.25, 0.3) is 0 Å². The molecule has 0 aliphatic rings. The second-order valence-corrected chi connectivity index (χ2v) is 5.14. The van der Waals surface area contributed by atoms with Crippen molar-refractivity contribution in [2.45, 2.75) is 26.4 Å². The summed E-state index contributed by atoms with van der Waals surface area (Å²) in [6.07, 6.45) is 6.88. The van der Waals surface area contributed by atoms with E-state index in [4.69, 9.17) is 0 Å². The van der Waals surface area contributed by atoms with Gasteiger partial charge in [-0.1, -0.05) is 31.2 Å². The zero-order valence-electron chi connectivity index (χ0n) is 12.3. The quantitative estimate of drug-likeness (QED) is 0.706. The molecule has 21 heavy (non-hydrogen) atoms. The number of pyridine rings is 1. The van der Waals surface area contributed by atoms with E-state index in [-0.39, 0.29) is 0 Å². The van der Waals surface area contributed by atoms with E-state index in [1.165, 1.54) is 10.9 Å². The summed E-state index contributed by atoms with van der Waals surface area (Å²) in [6.45, 7) is 4.79. The van der Waals surface area contributed by atoms with Crippen molar-refractivity contribution in [1.29, 1.82) is 0 Å². The van der Waals surface area contributed by atoms with Crippen LogP contribution in [-0.4, -0.2) is 21.1 Å². The third kappa shape index (κ3) is 3.11. The third-order valence-electron chi connectivity index (χ3n) is 3.57. The van der Waals surface area contributed by atoms with Gasteiger partial charge in [0.1, 0.15) is 5.82 Å². The Morgan fingerprint density at radius 2 is 2.00 bits per heavy atom. The van der Waals surface area contributed by atoms with Gasteiger partial charge in [-0.2, -0.15) is 0 Å². The molecule has 0 saturated carbocycles. The first-order valence-corrected chi connectivity index (χ1v) is 7.42. The van der Waals surface area contributed by atoms with Gasteiger partial charge in [-0.25, -0.2) is 4.98 Å². The number of hydrogen-bond donors (Lipinski definition) is 1. The van der Waals surface area contributed by atoms with Crippen LogP contribution in [0.3, 0.4) is 0 Å². The smallest absolute Gasteiger partial charge is 0.122 e. The van der Waals surface area contributed by atoms with Crippen molar-refractivity contribution >= 4 is 10.9 Å². The van der Waals surface area contributed by atoms with E-state index < -0.39 is 0 Å². The van der Waals surface area contributed by atoms with Gasteiger partial charge in [-0.3, -0.25) is 4.98 Å². The molecule has 0 aliphatic heterocycles. The third-order valence-corrected chi connectivity index (χ3v) is 3.57. The molecule has 4 heteroatoms. The maximum absolute atomic E-state index is 4.52. The predicted octanol–water partition coefficient (Wildman–Crippen LogP) is 2.98. The largest absolute Gasteiger partial charge is 0.329 e. The Hall–Kier alpha value is -2.20. The molecule has 0 aliphatic carbocycles. The first-order chi connectivity index (χ1) is 10.4. The van der Waals surface area contributed by atoms with E-state index in [2.05, 4.69) is 51.0 Å². The lowest BCUT2D eigenvalue weighted by atomic mass is 10.1. The summed E-state index contributed by atoms with van der Waals surface area (Å²) < 4.78 is 2.19. The van der Waals surface area contributed by atoms with Crippen LogP contribution < -0.4 is 5.32 Å². The van der Waals surface area contributed by atoms with Crippen LogP contribution in [-0.2, 0) is 13.1 Å². The van der Waals surface area contributed by atoms with Crippen molar-refractivity contribution in [3.63, 3.8) is 0 Å². The van der Waals surface area contributed by atoms with Crippen molar-refractivity contribution in [1.82, 2.24) is 19.9 Å². The summed E-state index contributed by atoms with van der Waals surface area (Å²) in [5, 5.41) is 4.58. The SMILES string of the molecule is CCCNCc1nccn1Cc1cccc2cccnc12. The normalized spacial score (nSPS) is 11.1. The van der Waals surface area contributed by atoms with Gasteiger partial charge in [0.05, 0.1) is 18.6 Å². The summed E-state index contributed by atoms with van der Waals surface area (Å²) in [4.78, 5) is 8.96. The molecule has 0 radical (unpaired) electrons. The number of rotatable bonds is 6. The second-order valence-electron chi connectivity index (χ2n) is 5.14. The van der Waals surface area contributed by atoms with Gasteiger partial charge < -0.3 is 9.88 Å². The van der Waals surface area contributed by atoms with Gasteiger partial charge in [-0.05, 0) is 24.6 Å². The Bertz CT molecular complexity index is 712. The molecular formula is C17H20N4. The van der Waals surface area contributed by atoms with E-state index in [1.54, 1.807) is 0 Å². The molecule has 0 amide bonds. The van der Waals surface area contributed by atoms with Crippen LogP contribution in [0.4, 0.5) is 0 Å². The zero-order chi connectivity index (χ0) is 14.5. The van der Waals surface area contributed by atoms with Gasteiger partial charge in [0.15, 0.2) is 0 Å². The van der Waals surface area contributed by atoms with E-state index in [0.29, 0.717) is 0 Å². The number of benzene rings is 1. The lowest BCUT2D eigenvalue weighted by Crippen LogP contribution is -2.18. The average molecular weight is 280 g/mol. The highest BCUT2D eigenvalue weighted by Gasteiger charge is 2.06. The van der Waals surface area contributed by atoms with Crippen LogP contribution in [0.2, 0.25) is 0 Å². The summed E-state index contributed by atoms with van der Waals surface area (Å²) in [5.74, 6) is 1.07. The number of hydrogen-bond acceptors (Lipinski definition) is 3.